The van der Waals surface area contributed by atoms with Crippen molar-refractivity contribution in [2.45, 2.75) is 32.2 Å². The summed E-state index contributed by atoms with van der Waals surface area (Å²) in [6.45, 7) is 0.685. The Bertz CT molecular complexity index is 639. The number of carboxylic acid groups (broad SMARTS) is 1. The molecule has 1 N–H and O–H groups in total. The van der Waals surface area contributed by atoms with Gasteiger partial charge in [-0.25, -0.2) is 4.79 Å². The number of aryl methyl sites for hydroxylation is 2. The molecule has 2 aromatic rings. The fourth-order valence-electron chi connectivity index (χ4n) is 2.42. The predicted molar refractivity (Wildman–Crippen MR) is 80.1 cm³/mol. The van der Waals surface area contributed by atoms with Crippen LogP contribution in [0.4, 0.5) is 0 Å². The molecule has 4 heteroatoms. The van der Waals surface area contributed by atoms with E-state index in [2.05, 4.69) is 6.07 Å². The van der Waals surface area contributed by atoms with Gasteiger partial charge in [0.2, 0.25) is 0 Å². The highest BCUT2D eigenvalue weighted by molar-refractivity contribution is 5.89. The van der Waals surface area contributed by atoms with Gasteiger partial charge in [0.15, 0.2) is 0 Å². The van der Waals surface area contributed by atoms with Crippen molar-refractivity contribution in [3.05, 3.63) is 59.4 Å². The molecule has 0 aliphatic heterocycles. The predicted octanol–water partition coefficient (Wildman–Crippen LogP) is 3.28. The quantitative estimate of drug-likeness (QED) is 0.792. The zero-order valence-corrected chi connectivity index (χ0v) is 11.8. The molecule has 108 valence electrons. The Morgan fingerprint density at radius 1 is 1.19 bits per heavy atom. The maximum atomic E-state index is 11.3. The third-order valence-corrected chi connectivity index (χ3v) is 3.49. The summed E-state index contributed by atoms with van der Waals surface area (Å²) in [5.41, 5.74) is 2.39. The van der Waals surface area contributed by atoms with E-state index in [9.17, 15) is 9.90 Å². The molecule has 0 unspecified atom stereocenters. The van der Waals surface area contributed by atoms with Crippen molar-refractivity contribution in [3.8, 4) is 6.07 Å². The number of benzene rings is 1. The number of aromatic nitrogens is 1. The summed E-state index contributed by atoms with van der Waals surface area (Å²) < 4.78 is 1.96. The van der Waals surface area contributed by atoms with Crippen molar-refractivity contribution in [2.75, 3.05) is 0 Å². The number of carbonyl (C=O) groups is 1. The molecule has 1 aromatic carbocycles. The van der Waals surface area contributed by atoms with Gasteiger partial charge in [0.25, 0.3) is 0 Å². The topological polar surface area (TPSA) is 66.0 Å². The number of rotatable bonds is 7. The lowest BCUT2D eigenvalue weighted by atomic mass is 10.1. The van der Waals surface area contributed by atoms with Crippen molar-refractivity contribution in [1.29, 1.82) is 5.26 Å². The second-order valence-electron chi connectivity index (χ2n) is 4.92. The Balaban J connectivity index is 2.13. The summed E-state index contributed by atoms with van der Waals surface area (Å²) in [7, 11) is 0. The van der Waals surface area contributed by atoms with Gasteiger partial charge in [-0.1, -0.05) is 30.3 Å². The minimum absolute atomic E-state index is 0.364. The second kappa shape index (κ2) is 7.30. The number of aromatic carboxylic acids is 1. The maximum Gasteiger partial charge on any atom is 0.337 e. The average Bonchev–Trinajstić information content (AvgIpc) is 2.90. The van der Waals surface area contributed by atoms with Gasteiger partial charge in [0.1, 0.15) is 0 Å². The van der Waals surface area contributed by atoms with E-state index < -0.39 is 5.97 Å². The lowest BCUT2D eigenvalue weighted by Crippen LogP contribution is -2.08. The minimum atomic E-state index is -0.892. The highest BCUT2D eigenvalue weighted by Crippen LogP contribution is 2.16. The van der Waals surface area contributed by atoms with Gasteiger partial charge in [-0.05, 0) is 30.9 Å². The van der Waals surface area contributed by atoms with Crippen LogP contribution in [0, 0.1) is 11.3 Å². The maximum absolute atomic E-state index is 11.3. The van der Waals surface area contributed by atoms with Crippen LogP contribution in [-0.4, -0.2) is 15.6 Å². The summed E-state index contributed by atoms with van der Waals surface area (Å²) in [6, 6.07) is 13.8. The molecule has 0 saturated heterocycles. The van der Waals surface area contributed by atoms with Crippen molar-refractivity contribution < 1.29 is 9.90 Å². The highest BCUT2D eigenvalue weighted by Gasteiger charge is 2.14. The van der Waals surface area contributed by atoms with Gasteiger partial charge in [-0.2, -0.15) is 5.26 Å². The summed E-state index contributed by atoms with van der Waals surface area (Å²) in [5.74, 6) is -0.892. The smallest absolute Gasteiger partial charge is 0.337 e. The van der Waals surface area contributed by atoms with Crippen molar-refractivity contribution in [1.82, 2.24) is 4.57 Å². The van der Waals surface area contributed by atoms with Crippen LogP contribution >= 0.6 is 0 Å². The van der Waals surface area contributed by atoms with Gasteiger partial charge in [0.05, 0.1) is 11.6 Å². The van der Waals surface area contributed by atoms with Gasteiger partial charge in [-0.15, -0.1) is 0 Å². The zero-order valence-electron chi connectivity index (χ0n) is 11.8. The lowest BCUT2D eigenvalue weighted by Gasteiger charge is -2.10. The van der Waals surface area contributed by atoms with E-state index >= 15 is 0 Å². The molecule has 0 fully saturated rings. The Hall–Kier alpha value is -2.54. The molecule has 1 aromatic heterocycles. The van der Waals surface area contributed by atoms with E-state index in [1.54, 1.807) is 12.3 Å². The van der Waals surface area contributed by atoms with E-state index in [0.29, 0.717) is 24.9 Å². The SMILES string of the molecule is N#CCCCn1ccc(C(=O)O)c1CCc1ccccc1. The van der Waals surface area contributed by atoms with E-state index in [-0.39, 0.29) is 0 Å². The number of hydrogen-bond donors (Lipinski definition) is 1. The zero-order chi connectivity index (χ0) is 15.1. The van der Waals surface area contributed by atoms with E-state index in [1.165, 1.54) is 5.56 Å². The minimum Gasteiger partial charge on any atom is -0.478 e. The molecule has 0 radical (unpaired) electrons. The first-order valence-corrected chi connectivity index (χ1v) is 7.04. The fourth-order valence-corrected chi connectivity index (χ4v) is 2.42. The monoisotopic (exact) mass is 282 g/mol. The van der Waals surface area contributed by atoms with Gasteiger partial charge >= 0.3 is 5.97 Å². The van der Waals surface area contributed by atoms with Crippen LogP contribution in [0.2, 0.25) is 0 Å². The standard InChI is InChI=1S/C17H18N2O2/c18-11-4-5-12-19-13-10-15(17(20)21)16(19)9-8-14-6-2-1-3-7-14/h1-3,6-7,10,13H,4-5,8-9,12H2,(H,20,21). The Labute approximate surface area is 124 Å². The van der Waals surface area contributed by atoms with Crippen LogP contribution in [0.25, 0.3) is 0 Å². The Morgan fingerprint density at radius 2 is 1.95 bits per heavy atom. The van der Waals surface area contributed by atoms with Crippen LogP contribution < -0.4 is 0 Å². The molecule has 0 saturated carbocycles. The molecule has 0 spiro atoms. The molecule has 0 bridgehead atoms. The third-order valence-electron chi connectivity index (χ3n) is 3.49. The third kappa shape index (κ3) is 3.96. The van der Waals surface area contributed by atoms with Crippen LogP contribution in [0.3, 0.4) is 0 Å². The fraction of sp³-hybridized carbons (Fsp3) is 0.294. The number of carboxylic acids is 1. The van der Waals surface area contributed by atoms with Gasteiger partial charge in [0, 0.05) is 24.9 Å². The average molecular weight is 282 g/mol. The Kier molecular flexibility index (Phi) is 5.16. The largest absolute Gasteiger partial charge is 0.478 e. The number of hydrogen-bond acceptors (Lipinski definition) is 2. The van der Waals surface area contributed by atoms with Gasteiger partial charge < -0.3 is 9.67 Å². The van der Waals surface area contributed by atoms with Crippen molar-refractivity contribution in [3.63, 3.8) is 0 Å². The molecule has 0 aliphatic rings. The first-order chi connectivity index (χ1) is 10.2. The second-order valence-corrected chi connectivity index (χ2v) is 4.92. The number of unbranched alkanes of at least 4 members (excludes halogenated alkanes) is 1. The molecule has 0 amide bonds. The molecule has 21 heavy (non-hydrogen) atoms. The van der Waals surface area contributed by atoms with Crippen LogP contribution in [-0.2, 0) is 19.4 Å². The molecule has 0 aliphatic carbocycles. The molecule has 0 atom stereocenters. The van der Waals surface area contributed by atoms with Crippen molar-refractivity contribution in [2.24, 2.45) is 0 Å². The normalized spacial score (nSPS) is 10.2. The van der Waals surface area contributed by atoms with E-state index in [0.717, 1.165) is 18.5 Å². The van der Waals surface area contributed by atoms with Gasteiger partial charge in [-0.3, -0.25) is 0 Å². The number of nitrogens with zero attached hydrogens (tertiary/aromatic N) is 2. The first-order valence-electron chi connectivity index (χ1n) is 7.04. The first kappa shape index (κ1) is 14.9. The van der Waals surface area contributed by atoms with Crippen molar-refractivity contribution >= 4 is 5.97 Å². The summed E-state index contributed by atoms with van der Waals surface area (Å²) >= 11 is 0. The van der Waals surface area contributed by atoms with Crippen LogP contribution in [0.1, 0.15) is 34.5 Å². The van der Waals surface area contributed by atoms with Crippen LogP contribution in [0.15, 0.2) is 42.6 Å². The van der Waals surface area contributed by atoms with E-state index in [4.69, 9.17) is 5.26 Å². The molecule has 2 rings (SSSR count). The summed E-state index contributed by atoms with van der Waals surface area (Å²) in [5, 5.41) is 17.9. The van der Waals surface area contributed by atoms with E-state index in [1.807, 2.05) is 34.9 Å². The molecular weight excluding hydrogens is 264 g/mol. The summed E-state index contributed by atoms with van der Waals surface area (Å²) in [4.78, 5) is 11.3. The Morgan fingerprint density at radius 3 is 2.62 bits per heavy atom. The highest BCUT2D eigenvalue weighted by atomic mass is 16.4. The molecule has 1 heterocycles. The lowest BCUT2D eigenvalue weighted by molar-refractivity contribution is 0.0695. The summed E-state index contributed by atoms with van der Waals surface area (Å²) in [6.07, 6.45) is 4.52. The molecule has 4 nitrogen and oxygen atoms in total. The van der Waals surface area contributed by atoms with Crippen LogP contribution in [0.5, 0.6) is 0 Å². The molecular formula is C17H18N2O2. The number of nitriles is 1.